The molecule has 0 aromatic heterocycles. The zero-order valence-electron chi connectivity index (χ0n) is 16.7. The van der Waals surface area contributed by atoms with Crippen LogP contribution in [0.1, 0.15) is 33.5 Å². The van der Waals surface area contributed by atoms with Crippen molar-refractivity contribution in [2.75, 3.05) is 32.7 Å². The molecule has 29 heavy (non-hydrogen) atoms. The van der Waals surface area contributed by atoms with E-state index in [1.165, 1.54) is 16.7 Å². The van der Waals surface area contributed by atoms with Crippen molar-refractivity contribution in [1.82, 2.24) is 9.80 Å². The number of aliphatic carboxylic acids is 1. The molecule has 0 spiro atoms. The van der Waals surface area contributed by atoms with Crippen LogP contribution in [0.4, 0.5) is 0 Å². The van der Waals surface area contributed by atoms with Gasteiger partial charge in [0.15, 0.2) is 0 Å². The van der Waals surface area contributed by atoms with Crippen molar-refractivity contribution >= 4 is 11.9 Å². The van der Waals surface area contributed by atoms with Gasteiger partial charge >= 0.3 is 5.97 Å². The predicted octanol–water partition coefficient (Wildman–Crippen LogP) is 2.88. The van der Waals surface area contributed by atoms with Crippen molar-refractivity contribution in [1.29, 1.82) is 0 Å². The van der Waals surface area contributed by atoms with Gasteiger partial charge in [0.25, 0.3) is 5.91 Å². The van der Waals surface area contributed by atoms with E-state index in [4.69, 9.17) is 5.11 Å². The molecule has 2 aromatic carbocycles. The Hall–Kier alpha value is -2.66. The van der Waals surface area contributed by atoms with E-state index in [1.54, 1.807) is 0 Å². The van der Waals surface area contributed by atoms with Crippen molar-refractivity contribution in [3.8, 4) is 0 Å². The molecule has 0 saturated carbocycles. The summed E-state index contributed by atoms with van der Waals surface area (Å²) in [6, 6.07) is 16.5. The fourth-order valence-electron chi connectivity index (χ4n) is 4.58. The van der Waals surface area contributed by atoms with Crippen LogP contribution >= 0.6 is 0 Å². The molecular formula is C24H28N2O3. The van der Waals surface area contributed by atoms with Crippen LogP contribution in [0.2, 0.25) is 0 Å². The van der Waals surface area contributed by atoms with Crippen LogP contribution in [-0.4, -0.2) is 59.5 Å². The summed E-state index contributed by atoms with van der Waals surface area (Å²) in [5.74, 6) is -0.164. The van der Waals surface area contributed by atoms with Crippen molar-refractivity contribution < 1.29 is 14.7 Å². The summed E-state index contributed by atoms with van der Waals surface area (Å²) < 4.78 is 0. The van der Waals surface area contributed by atoms with Gasteiger partial charge in [-0.1, -0.05) is 36.4 Å². The lowest BCUT2D eigenvalue weighted by Gasteiger charge is -2.20. The molecule has 152 valence electrons. The minimum atomic E-state index is -0.759. The number of carboxylic acids is 1. The van der Waals surface area contributed by atoms with Gasteiger partial charge in [-0.15, -0.1) is 0 Å². The molecule has 1 unspecified atom stereocenters. The average Bonchev–Trinajstić information content (AvgIpc) is 3.03. The van der Waals surface area contributed by atoms with Crippen molar-refractivity contribution in [3.05, 3.63) is 70.8 Å². The van der Waals surface area contributed by atoms with Gasteiger partial charge in [-0.05, 0) is 67.0 Å². The van der Waals surface area contributed by atoms with E-state index in [2.05, 4.69) is 36.4 Å². The van der Waals surface area contributed by atoms with Crippen LogP contribution in [0, 0.1) is 5.92 Å². The molecule has 1 fully saturated rings. The first-order valence-electron chi connectivity index (χ1n) is 10.5. The monoisotopic (exact) mass is 392 g/mol. The van der Waals surface area contributed by atoms with Gasteiger partial charge in [-0.2, -0.15) is 0 Å². The molecule has 2 aromatic rings. The molecular weight excluding hydrogens is 364 g/mol. The van der Waals surface area contributed by atoms with E-state index in [9.17, 15) is 9.59 Å². The maximum Gasteiger partial charge on any atom is 0.317 e. The third-order valence-corrected chi connectivity index (χ3v) is 6.16. The van der Waals surface area contributed by atoms with Gasteiger partial charge in [0, 0.05) is 25.2 Å². The highest BCUT2D eigenvalue weighted by atomic mass is 16.4. The zero-order valence-corrected chi connectivity index (χ0v) is 16.7. The summed E-state index contributed by atoms with van der Waals surface area (Å²) in [6.07, 6.45) is 3.79. The van der Waals surface area contributed by atoms with Gasteiger partial charge in [-0.3, -0.25) is 14.5 Å². The number of hydrogen-bond acceptors (Lipinski definition) is 3. The summed E-state index contributed by atoms with van der Waals surface area (Å²) in [6.45, 7) is 3.34. The van der Waals surface area contributed by atoms with Gasteiger partial charge in [0.1, 0.15) is 0 Å². The largest absolute Gasteiger partial charge is 0.480 e. The lowest BCUT2D eigenvalue weighted by molar-refractivity contribution is -0.138. The lowest BCUT2D eigenvalue weighted by atomic mass is 9.97. The second kappa shape index (κ2) is 8.78. The van der Waals surface area contributed by atoms with Crippen LogP contribution in [0.15, 0.2) is 48.5 Å². The topological polar surface area (TPSA) is 60.9 Å². The second-order valence-corrected chi connectivity index (χ2v) is 8.25. The maximum absolute atomic E-state index is 13.0. The molecule has 5 heteroatoms. The third kappa shape index (κ3) is 4.85. The molecule has 0 bridgehead atoms. The molecule has 1 saturated heterocycles. The first kappa shape index (κ1) is 19.6. The van der Waals surface area contributed by atoms with Gasteiger partial charge in [-0.25, -0.2) is 0 Å². The van der Waals surface area contributed by atoms with Gasteiger partial charge < -0.3 is 10.0 Å². The van der Waals surface area contributed by atoms with E-state index in [-0.39, 0.29) is 12.5 Å². The van der Waals surface area contributed by atoms with Crippen molar-refractivity contribution in [2.24, 2.45) is 5.92 Å². The zero-order chi connectivity index (χ0) is 20.2. The normalized spacial score (nSPS) is 19.6. The Bertz CT molecular complexity index is 851. The van der Waals surface area contributed by atoms with E-state index >= 15 is 0 Å². The van der Waals surface area contributed by atoms with E-state index in [0.717, 1.165) is 57.4 Å². The Labute approximate surface area is 171 Å². The molecule has 0 aliphatic carbocycles. The summed E-state index contributed by atoms with van der Waals surface area (Å²) in [7, 11) is 0. The third-order valence-electron chi connectivity index (χ3n) is 6.16. The van der Waals surface area contributed by atoms with E-state index < -0.39 is 5.97 Å². The highest BCUT2D eigenvalue weighted by Gasteiger charge is 2.24. The fraction of sp³-hybridized carbons (Fsp3) is 0.417. The van der Waals surface area contributed by atoms with Crippen molar-refractivity contribution in [3.63, 3.8) is 0 Å². The fourth-order valence-corrected chi connectivity index (χ4v) is 4.58. The molecule has 1 atom stereocenters. The number of hydrogen-bond donors (Lipinski definition) is 1. The van der Waals surface area contributed by atoms with Crippen LogP contribution in [0.5, 0.6) is 0 Å². The highest BCUT2D eigenvalue weighted by molar-refractivity contribution is 5.94. The Morgan fingerprint density at radius 3 is 2.21 bits per heavy atom. The summed E-state index contributed by atoms with van der Waals surface area (Å²) in [4.78, 5) is 27.8. The number of carbonyl (C=O) groups excluding carboxylic acids is 1. The molecule has 2 aliphatic heterocycles. The number of rotatable bonds is 5. The summed E-state index contributed by atoms with van der Waals surface area (Å²) in [5.41, 5.74) is 4.67. The van der Waals surface area contributed by atoms with Gasteiger partial charge in [0.05, 0.1) is 6.54 Å². The quantitative estimate of drug-likeness (QED) is 0.850. The Morgan fingerprint density at radius 2 is 1.59 bits per heavy atom. The molecule has 0 radical (unpaired) electrons. The molecule has 2 aliphatic rings. The lowest BCUT2D eigenvalue weighted by Crippen LogP contribution is -2.33. The molecule has 1 amide bonds. The predicted molar refractivity (Wildman–Crippen MR) is 112 cm³/mol. The Morgan fingerprint density at radius 1 is 0.931 bits per heavy atom. The number of likely N-dealkylation sites (tertiary alicyclic amines) is 1. The first-order chi connectivity index (χ1) is 14.1. The van der Waals surface area contributed by atoms with E-state index in [1.807, 2.05) is 21.9 Å². The standard InChI is InChI=1S/C24H28N2O3/c27-23(28)17-25-12-9-19(16-25)15-18-5-7-22(8-6-18)24(29)26-13-10-20-3-1-2-4-21(20)11-14-26/h1-8,19H,9-17H2,(H,27,28). The second-order valence-electron chi connectivity index (χ2n) is 8.25. The number of benzene rings is 2. The number of amides is 1. The van der Waals surface area contributed by atoms with Crippen LogP contribution in [0.25, 0.3) is 0 Å². The molecule has 1 N–H and O–H groups in total. The number of carboxylic acid groups (broad SMARTS) is 1. The number of fused-ring (bicyclic) bond motifs is 1. The Kier molecular flexibility index (Phi) is 5.95. The minimum absolute atomic E-state index is 0.109. The van der Waals surface area contributed by atoms with Gasteiger partial charge in [0.2, 0.25) is 0 Å². The Balaban J connectivity index is 1.33. The minimum Gasteiger partial charge on any atom is -0.480 e. The van der Waals surface area contributed by atoms with Crippen LogP contribution in [-0.2, 0) is 24.1 Å². The molecule has 2 heterocycles. The van der Waals surface area contributed by atoms with Crippen LogP contribution in [0.3, 0.4) is 0 Å². The van der Waals surface area contributed by atoms with Crippen molar-refractivity contribution in [2.45, 2.75) is 25.7 Å². The molecule has 5 nitrogen and oxygen atoms in total. The SMILES string of the molecule is O=C(O)CN1CCC(Cc2ccc(C(=O)N3CCc4ccccc4CC3)cc2)C1. The molecule has 4 rings (SSSR count). The van der Waals surface area contributed by atoms with Crippen LogP contribution < -0.4 is 0 Å². The van der Waals surface area contributed by atoms with E-state index in [0.29, 0.717) is 5.92 Å². The average molecular weight is 392 g/mol. The number of carbonyl (C=O) groups is 2. The smallest absolute Gasteiger partial charge is 0.317 e. The first-order valence-corrected chi connectivity index (χ1v) is 10.5. The highest BCUT2D eigenvalue weighted by Crippen LogP contribution is 2.22. The number of nitrogens with zero attached hydrogens (tertiary/aromatic N) is 2. The maximum atomic E-state index is 13.0. The summed E-state index contributed by atoms with van der Waals surface area (Å²) >= 11 is 0. The summed E-state index contributed by atoms with van der Waals surface area (Å²) in [5, 5.41) is 8.93.